The van der Waals surface area contributed by atoms with Crippen molar-refractivity contribution in [2.75, 3.05) is 11.5 Å². The maximum Gasteiger partial charge on any atom is 0.225 e. The Hall–Kier alpha value is -2.79. The monoisotopic (exact) mass is 312 g/mol. The van der Waals surface area contributed by atoms with Crippen molar-refractivity contribution < 1.29 is 17.6 Å². The van der Waals surface area contributed by atoms with E-state index in [1.165, 1.54) is 0 Å². The molecular weight excluding hydrogens is 300 g/mol. The van der Waals surface area contributed by atoms with Gasteiger partial charge in [0, 0.05) is 18.2 Å². The molecule has 22 heavy (non-hydrogen) atoms. The van der Waals surface area contributed by atoms with Gasteiger partial charge in [-0.15, -0.1) is 0 Å². The Bertz CT molecular complexity index is 717. The molecule has 2 aromatic rings. The van der Waals surface area contributed by atoms with Crippen molar-refractivity contribution >= 4 is 17.1 Å². The quantitative estimate of drug-likeness (QED) is 0.430. The lowest BCUT2D eigenvalue weighted by molar-refractivity contribution is 0.589. The van der Waals surface area contributed by atoms with Gasteiger partial charge in [-0.05, 0) is 18.2 Å². The summed E-state index contributed by atoms with van der Waals surface area (Å²) in [7, 11) is 0. The third kappa shape index (κ3) is 4.10. The van der Waals surface area contributed by atoms with Crippen molar-refractivity contribution in [2.24, 2.45) is 5.73 Å². The molecule has 116 valence electrons. The number of hydrogen-bond donors (Lipinski definition) is 3. The highest BCUT2D eigenvalue weighted by atomic mass is 19.1. The van der Waals surface area contributed by atoms with Gasteiger partial charge >= 0.3 is 0 Å². The van der Waals surface area contributed by atoms with E-state index in [0.29, 0.717) is 0 Å². The van der Waals surface area contributed by atoms with E-state index in [4.69, 9.17) is 23.8 Å². The summed E-state index contributed by atoms with van der Waals surface area (Å²) < 4.78 is 50.4. The average Bonchev–Trinajstić information content (AvgIpc) is 2.47. The Kier molecular flexibility index (Phi) is 5.72. The number of rotatable bonds is 1. The van der Waals surface area contributed by atoms with Crippen molar-refractivity contribution in [3.8, 4) is 0 Å². The van der Waals surface area contributed by atoms with Gasteiger partial charge in [-0.25, -0.2) is 22.4 Å². The molecule has 0 fully saturated rings. The van der Waals surface area contributed by atoms with Gasteiger partial charge in [-0.3, -0.25) is 0 Å². The van der Waals surface area contributed by atoms with E-state index in [9.17, 15) is 17.6 Å². The van der Waals surface area contributed by atoms with Crippen LogP contribution in [0.1, 0.15) is 5.56 Å². The van der Waals surface area contributed by atoms with E-state index in [-0.39, 0.29) is 29.2 Å². The van der Waals surface area contributed by atoms with Crippen molar-refractivity contribution in [3.05, 3.63) is 64.5 Å². The first-order chi connectivity index (χ1) is 10.3. The third-order valence-electron chi connectivity index (χ3n) is 2.57. The highest BCUT2D eigenvalue weighted by molar-refractivity contribution is 5.54. The first-order valence-electron chi connectivity index (χ1n) is 5.85. The second-order valence-corrected chi connectivity index (χ2v) is 4.11. The van der Waals surface area contributed by atoms with E-state index in [0.717, 1.165) is 24.3 Å². The molecule has 0 aliphatic heterocycles. The molecule has 0 saturated heterocycles. The number of nitrogens with zero attached hydrogens (tertiary/aromatic N) is 1. The Morgan fingerprint density at radius 3 is 1.82 bits per heavy atom. The van der Waals surface area contributed by atoms with Crippen molar-refractivity contribution in [1.29, 1.82) is 0 Å². The highest BCUT2D eigenvalue weighted by Crippen LogP contribution is 2.22. The standard InChI is InChI=1S/C7H4F2N2.C7H8F2N2/c1-11-7-3-4(8)6(10)2-5(7)9;8-5-2-7(11)6(9)1-4(5)3-10/h2-3H,10H2;1-2H,3,10-11H2. The van der Waals surface area contributed by atoms with Gasteiger partial charge in [0.15, 0.2) is 0 Å². The van der Waals surface area contributed by atoms with Crippen molar-refractivity contribution in [1.82, 2.24) is 0 Å². The summed E-state index contributed by atoms with van der Waals surface area (Å²) in [6, 6.07) is 3.50. The molecule has 0 atom stereocenters. The maximum absolute atomic E-state index is 12.7. The summed E-state index contributed by atoms with van der Waals surface area (Å²) in [5, 5.41) is 0. The molecular formula is C14H12F4N4. The lowest BCUT2D eigenvalue weighted by Gasteiger charge is -2.01. The first kappa shape index (κ1) is 17.3. The predicted octanol–water partition coefficient (Wildman–Crippen LogP) is 3.10. The molecule has 0 heterocycles. The average molecular weight is 312 g/mol. The zero-order chi connectivity index (χ0) is 16.9. The van der Waals surface area contributed by atoms with E-state index in [1.807, 2.05) is 0 Å². The number of benzene rings is 2. The fourth-order valence-electron chi connectivity index (χ4n) is 1.40. The number of nitrogen functional groups attached to an aromatic ring is 2. The van der Waals surface area contributed by atoms with Gasteiger partial charge in [0.25, 0.3) is 0 Å². The molecule has 0 aliphatic carbocycles. The molecule has 2 rings (SSSR count). The molecule has 2 aromatic carbocycles. The normalized spacial score (nSPS) is 9.64. The van der Waals surface area contributed by atoms with Crippen LogP contribution in [0.2, 0.25) is 0 Å². The predicted molar refractivity (Wildman–Crippen MR) is 75.7 cm³/mol. The van der Waals surface area contributed by atoms with Crippen LogP contribution >= 0.6 is 0 Å². The molecule has 0 radical (unpaired) electrons. The highest BCUT2D eigenvalue weighted by Gasteiger charge is 2.06. The molecule has 0 spiro atoms. The van der Waals surface area contributed by atoms with Gasteiger partial charge < -0.3 is 17.2 Å². The van der Waals surface area contributed by atoms with Crippen LogP contribution in [0.15, 0.2) is 24.3 Å². The number of hydrogen-bond acceptors (Lipinski definition) is 3. The van der Waals surface area contributed by atoms with Crippen LogP contribution < -0.4 is 17.2 Å². The molecule has 0 bridgehead atoms. The van der Waals surface area contributed by atoms with E-state index >= 15 is 0 Å². The minimum atomic E-state index is -0.793. The van der Waals surface area contributed by atoms with Gasteiger partial charge in [0.05, 0.1) is 17.9 Å². The van der Waals surface area contributed by atoms with Crippen LogP contribution in [0.4, 0.5) is 34.6 Å². The van der Waals surface area contributed by atoms with Gasteiger partial charge in [0.2, 0.25) is 5.69 Å². The minimum absolute atomic E-state index is 0.0248. The van der Waals surface area contributed by atoms with E-state index < -0.39 is 23.3 Å². The number of halogens is 4. The van der Waals surface area contributed by atoms with Crippen LogP contribution in [-0.2, 0) is 6.54 Å². The van der Waals surface area contributed by atoms with Gasteiger partial charge in [-0.1, -0.05) is 0 Å². The maximum atomic E-state index is 12.7. The van der Waals surface area contributed by atoms with E-state index in [1.54, 1.807) is 0 Å². The zero-order valence-electron chi connectivity index (χ0n) is 11.2. The van der Waals surface area contributed by atoms with E-state index in [2.05, 4.69) is 4.85 Å². The Morgan fingerprint density at radius 1 is 0.818 bits per heavy atom. The topological polar surface area (TPSA) is 82.4 Å². The molecule has 0 aliphatic rings. The molecule has 6 N–H and O–H groups in total. The number of nitrogens with two attached hydrogens (primary N) is 3. The molecule has 0 unspecified atom stereocenters. The summed E-state index contributed by atoms with van der Waals surface area (Å²) >= 11 is 0. The van der Waals surface area contributed by atoms with Gasteiger partial charge in [0.1, 0.15) is 23.3 Å². The Balaban J connectivity index is 0.000000220. The van der Waals surface area contributed by atoms with Crippen molar-refractivity contribution in [2.45, 2.75) is 6.54 Å². The smallest absolute Gasteiger partial charge is 0.225 e. The van der Waals surface area contributed by atoms with Crippen LogP contribution in [-0.4, -0.2) is 0 Å². The Labute approximate surface area is 124 Å². The van der Waals surface area contributed by atoms with Crippen LogP contribution in [0.5, 0.6) is 0 Å². The molecule has 8 heteroatoms. The zero-order valence-corrected chi connectivity index (χ0v) is 11.2. The SMILES string of the molecule is NCc1cc(F)c(N)cc1F.[C-]#[N+]c1cc(F)c(N)cc1F. The largest absolute Gasteiger partial charge is 0.396 e. The van der Waals surface area contributed by atoms with Gasteiger partial charge in [-0.2, -0.15) is 0 Å². The summed E-state index contributed by atoms with van der Waals surface area (Å²) in [5.41, 5.74) is 14.5. The van der Waals surface area contributed by atoms with Crippen LogP contribution in [0, 0.1) is 29.8 Å². The molecule has 0 amide bonds. The molecule has 4 nitrogen and oxygen atoms in total. The summed E-state index contributed by atoms with van der Waals surface area (Å²) in [5.74, 6) is -2.76. The second-order valence-electron chi connectivity index (χ2n) is 4.11. The van der Waals surface area contributed by atoms with Crippen LogP contribution in [0.3, 0.4) is 0 Å². The fourth-order valence-corrected chi connectivity index (χ4v) is 1.40. The molecule has 0 aromatic heterocycles. The third-order valence-corrected chi connectivity index (χ3v) is 2.57. The summed E-state index contributed by atoms with van der Waals surface area (Å²) in [6.45, 7) is 6.40. The Morgan fingerprint density at radius 2 is 1.32 bits per heavy atom. The first-order valence-corrected chi connectivity index (χ1v) is 5.85. The summed E-state index contributed by atoms with van der Waals surface area (Å²) in [6.07, 6.45) is 0. The minimum Gasteiger partial charge on any atom is -0.396 e. The summed E-state index contributed by atoms with van der Waals surface area (Å²) in [4.78, 5) is 2.75. The lowest BCUT2D eigenvalue weighted by atomic mass is 10.2. The van der Waals surface area contributed by atoms with Crippen LogP contribution in [0.25, 0.3) is 4.85 Å². The van der Waals surface area contributed by atoms with Crippen molar-refractivity contribution in [3.63, 3.8) is 0 Å². The molecule has 0 saturated carbocycles. The second kappa shape index (κ2) is 7.28. The number of anilines is 2. The lowest BCUT2D eigenvalue weighted by Crippen LogP contribution is -2.02. The fraction of sp³-hybridized carbons (Fsp3) is 0.0714.